The van der Waals surface area contributed by atoms with Gasteiger partial charge >= 0.3 is 0 Å². The molecule has 0 spiro atoms. The number of hydrogen-bond acceptors (Lipinski definition) is 1. The first kappa shape index (κ1) is 29.2. The zero-order valence-corrected chi connectivity index (χ0v) is 20.6. The molecule has 1 N–H and O–H groups in total. The van der Waals surface area contributed by atoms with Gasteiger partial charge in [0, 0.05) is 0 Å². The lowest BCUT2D eigenvalue weighted by atomic mass is 10.1. The minimum absolute atomic E-state index is 0.121. The van der Waals surface area contributed by atoms with E-state index in [1.165, 1.54) is 96.3 Å². The first-order valence-electron chi connectivity index (χ1n) is 13.4. The highest BCUT2D eigenvalue weighted by Gasteiger charge is 2.01. The van der Waals surface area contributed by atoms with E-state index in [1.807, 2.05) is 0 Å². The summed E-state index contributed by atoms with van der Waals surface area (Å²) in [4.78, 5) is 0. The van der Waals surface area contributed by atoms with Gasteiger partial charge in [-0.25, -0.2) is 0 Å². The van der Waals surface area contributed by atoms with Crippen molar-refractivity contribution in [2.75, 3.05) is 0 Å². The van der Waals surface area contributed by atoms with Gasteiger partial charge in [-0.3, -0.25) is 0 Å². The Kier molecular flexibility index (Phi) is 25.5. The summed E-state index contributed by atoms with van der Waals surface area (Å²) in [6.45, 7) is 4.51. The normalized spacial score (nSPS) is 13.3. The van der Waals surface area contributed by atoms with Gasteiger partial charge in [0.1, 0.15) is 0 Å². The molecule has 0 radical (unpaired) electrons. The second kappa shape index (κ2) is 26.2. The number of rotatable bonds is 23. The number of allylic oxidation sites excluding steroid dienone is 6. The number of aliphatic hydroxyl groups is 1. The second-order valence-corrected chi connectivity index (χ2v) is 8.91. The minimum atomic E-state index is -0.121. The maximum Gasteiger partial charge on any atom is 0.0543 e. The van der Waals surface area contributed by atoms with Crippen LogP contribution in [0.5, 0.6) is 0 Å². The molecule has 0 saturated heterocycles. The number of aliphatic hydroxyl groups excluding tert-OH is 1. The average Bonchev–Trinajstić information content (AvgIpc) is 2.75. The van der Waals surface area contributed by atoms with Crippen LogP contribution in [0.2, 0.25) is 0 Å². The van der Waals surface area contributed by atoms with Crippen LogP contribution >= 0.6 is 0 Å². The third kappa shape index (κ3) is 25.2. The van der Waals surface area contributed by atoms with Gasteiger partial charge in [-0.2, -0.15) is 0 Å². The predicted octanol–water partition coefficient (Wildman–Crippen LogP) is 9.86. The van der Waals surface area contributed by atoms with E-state index in [2.05, 4.69) is 50.3 Å². The van der Waals surface area contributed by atoms with E-state index in [-0.39, 0.29) is 6.10 Å². The van der Waals surface area contributed by atoms with Gasteiger partial charge in [0.25, 0.3) is 0 Å². The molecule has 30 heavy (non-hydrogen) atoms. The predicted molar refractivity (Wildman–Crippen MR) is 137 cm³/mol. The topological polar surface area (TPSA) is 20.2 Å². The van der Waals surface area contributed by atoms with E-state index in [0.29, 0.717) is 0 Å². The third-order valence-electron chi connectivity index (χ3n) is 5.76. The Morgan fingerprint density at radius 1 is 0.433 bits per heavy atom. The van der Waals surface area contributed by atoms with Crippen LogP contribution in [0.15, 0.2) is 36.5 Å². The molecule has 176 valence electrons. The van der Waals surface area contributed by atoms with E-state index in [0.717, 1.165) is 32.1 Å². The monoisotopic (exact) mass is 418 g/mol. The fraction of sp³-hybridized carbons (Fsp3) is 0.793. The molecule has 0 amide bonds. The van der Waals surface area contributed by atoms with Crippen molar-refractivity contribution in [3.8, 4) is 0 Å². The largest absolute Gasteiger partial charge is 0.393 e. The van der Waals surface area contributed by atoms with Crippen molar-refractivity contribution >= 4 is 0 Å². The molecule has 0 fully saturated rings. The van der Waals surface area contributed by atoms with Crippen LogP contribution in [0.1, 0.15) is 142 Å². The molecule has 0 aromatic heterocycles. The van der Waals surface area contributed by atoms with Crippen LogP contribution in [-0.4, -0.2) is 11.2 Å². The fourth-order valence-corrected chi connectivity index (χ4v) is 3.69. The van der Waals surface area contributed by atoms with Gasteiger partial charge in [0.2, 0.25) is 0 Å². The maximum atomic E-state index is 10.1. The van der Waals surface area contributed by atoms with Gasteiger partial charge in [-0.15, -0.1) is 0 Å². The Morgan fingerprint density at radius 2 is 0.800 bits per heavy atom. The standard InChI is InChI=1S/C29H54O/c1-3-5-7-9-11-13-14-15-16-17-18-19-20-22-24-26-28-29(30)27-25-23-21-12-10-8-6-4-2/h11-13,21-22,24,29-30H,3-10,14-20,23,25-28H2,1-2H3/b13-11-,21-12?,24-22?. The van der Waals surface area contributed by atoms with E-state index < -0.39 is 0 Å². The van der Waals surface area contributed by atoms with Crippen LogP contribution in [0.4, 0.5) is 0 Å². The van der Waals surface area contributed by atoms with Crippen molar-refractivity contribution in [2.24, 2.45) is 0 Å². The molecule has 1 nitrogen and oxygen atoms in total. The van der Waals surface area contributed by atoms with Crippen molar-refractivity contribution < 1.29 is 5.11 Å². The molecule has 1 atom stereocenters. The summed E-state index contributed by atoms with van der Waals surface area (Å²) < 4.78 is 0. The summed E-state index contributed by atoms with van der Waals surface area (Å²) in [6, 6.07) is 0. The van der Waals surface area contributed by atoms with Crippen molar-refractivity contribution in [1.82, 2.24) is 0 Å². The summed E-state index contributed by atoms with van der Waals surface area (Å²) in [6.07, 6.45) is 38.7. The summed E-state index contributed by atoms with van der Waals surface area (Å²) in [5.41, 5.74) is 0. The molecule has 0 aromatic rings. The summed E-state index contributed by atoms with van der Waals surface area (Å²) in [7, 11) is 0. The Bertz CT molecular complexity index is 393. The molecule has 0 saturated carbocycles. The molecule has 0 heterocycles. The van der Waals surface area contributed by atoms with Crippen LogP contribution < -0.4 is 0 Å². The van der Waals surface area contributed by atoms with Crippen molar-refractivity contribution in [1.29, 1.82) is 0 Å². The van der Waals surface area contributed by atoms with Gasteiger partial charge in [0.05, 0.1) is 6.10 Å². The highest BCUT2D eigenvalue weighted by atomic mass is 16.3. The van der Waals surface area contributed by atoms with Gasteiger partial charge in [0.15, 0.2) is 0 Å². The highest BCUT2D eigenvalue weighted by Crippen LogP contribution is 2.11. The van der Waals surface area contributed by atoms with E-state index >= 15 is 0 Å². The number of hydrogen-bond donors (Lipinski definition) is 1. The van der Waals surface area contributed by atoms with Crippen LogP contribution in [0.3, 0.4) is 0 Å². The summed E-state index contributed by atoms with van der Waals surface area (Å²) in [5.74, 6) is 0. The van der Waals surface area contributed by atoms with E-state index in [1.54, 1.807) is 0 Å². The molecule has 0 aromatic carbocycles. The Balaban J connectivity index is 3.30. The lowest BCUT2D eigenvalue weighted by Gasteiger charge is -2.07. The van der Waals surface area contributed by atoms with E-state index in [4.69, 9.17) is 0 Å². The van der Waals surface area contributed by atoms with Crippen LogP contribution in [0, 0.1) is 0 Å². The Hall–Kier alpha value is -0.820. The quantitative estimate of drug-likeness (QED) is 0.129. The van der Waals surface area contributed by atoms with Gasteiger partial charge in [-0.1, -0.05) is 95.2 Å². The lowest BCUT2D eigenvalue weighted by molar-refractivity contribution is 0.153. The molecule has 0 aliphatic heterocycles. The van der Waals surface area contributed by atoms with Gasteiger partial charge < -0.3 is 5.11 Å². The zero-order valence-electron chi connectivity index (χ0n) is 20.6. The molecule has 0 bridgehead atoms. The Labute approximate surface area is 190 Å². The smallest absolute Gasteiger partial charge is 0.0543 e. The van der Waals surface area contributed by atoms with Crippen LogP contribution in [-0.2, 0) is 0 Å². The molecule has 0 aliphatic rings. The molecule has 0 rings (SSSR count). The van der Waals surface area contributed by atoms with Gasteiger partial charge in [-0.05, 0) is 83.5 Å². The first-order chi connectivity index (χ1) is 14.8. The summed E-state index contributed by atoms with van der Waals surface area (Å²) in [5, 5.41) is 10.1. The molecular formula is C29H54O. The molecule has 1 unspecified atom stereocenters. The maximum absolute atomic E-state index is 10.1. The SMILES string of the molecule is CCCCCC=CCCCC(O)CCC=CCCCCCCC/C=C\CCCCC. The first-order valence-corrected chi connectivity index (χ1v) is 13.4. The van der Waals surface area contributed by atoms with Crippen molar-refractivity contribution in [2.45, 2.75) is 148 Å². The lowest BCUT2D eigenvalue weighted by Crippen LogP contribution is -2.04. The Morgan fingerprint density at radius 3 is 1.27 bits per heavy atom. The summed E-state index contributed by atoms with van der Waals surface area (Å²) >= 11 is 0. The molecule has 1 heteroatoms. The zero-order chi connectivity index (χ0) is 22.0. The van der Waals surface area contributed by atoms with Crippen LogP contribution in [0.25, 0.3) is 0 Å². The van der Waals surface area contributed by atoms with Crippen molar-refractivity contribution in [3.63, 3.8) is 0 Å². The second-order valence-electron chi connectivity index (χ2n) is 8.91. The number of unbranched alkanes of at least 4 members (excludes halogenated alkanes) is 13. The average molecular weight is 419 g/mol. The van der Waals surface area contributed by atoms with E-state index in [9.17, 15) is 5.11 Å². The molecular weight excluding hydrogens is 364 g/mol. The van der Waals surface area contributed by atoms with Crippen molar-refractivity contribution in [3.05, 3.63) is 36.5 Å². The fourth-order valence-electron chi connectivity index (χ4n) is 3.69. The minimum Gasteiger partial charge on any atom is -0.393 e. The highest BCUT2D eigenvalue weighted by molar-refractivity contribution is 4.84. The third-order valence-corrected chi connectivity index (χ3v) is 5.76. The molecule has 0 aliphatic carbocycles.